The minimum absolute atomic E-state index is 0.128. The van der Waals surface area contributed by atoms with Crippen LogP contribution in [-0.4, -0.2) is 24.1 Å². The zero-order valence-corrected chi connectivity index (χ0v) is 7.21. The van der Waals surface area contributed by atoms with E-state index >= 15 is 0 Å². The van der Waals surface area contributed by atoms with Gasteiger partial charge in [-0.15, -0.1) is 0 Å². The van der Waals surface area contributed by atoms with Crippen LogP contribution >= 0.6 is 0 Å². The number of nitrogens with zero attached hydrogens (tertiary/aromatic N) is 2. The van der Waals surface area contributed by atoms with Crippen LogP contribution in [0, 0.1) is 0 Å². The van der Waals surface area contributed by atoms with Gasteiger partial charge in [0, 0.05) is 20.2 Å². The number of hydrogen-bond acceptors (Lipinski definition) is 3. The normalized spacial score (nSPS) is 10.5. The molecule has 0 aliphatic carbocycles. The molecule has 0 aliphatic heterocycles. The van der Waals surface area contributed by atoms with E-state index in [0.29, 0.717) is 0 Å². The zero-order valence-electron chi connectivity index (χ0n) is 7.21. The molecular formula is C7H9F2N3O. The minimum Gasteiger partial charge on any atom is -0.348 e. The van der Waals surface area contributed by atoms with Crippen LogP contribution in [0.25, 0.3) is 0 Å². The minimum atomic E-state index is -2.72. The number of nitrogens with one attached hydrogen (secondary N) is 1. The van der Waals surface area contributed by atoms with Gasteiger partial charge >= 0.3 is 0 Å². The van der Waals surface area contributed by atoms with Gasteiger partial charge in [-0.1, -0.05) is 0 Å². The van der Waals surface area contributed by atoms with Gasteiger partial charge in [-0.05, 0) is 0 Å². The molecule has 0 radical (unpaired) electrons. The number of H-pyrrole nitrogens is 1. The van der Waals surface area contributed by atoms with Crippen LogP contribution in [0.4, 0.5) is 14.7 Å². The smallest absolute Gasteiger partial charge is 0.280 e. The lowest BCUT2D eigenvalue weighted by molar-refractivity contribution is 0.146. The first-order chi connectivity index (χ1) is 6.00. The molecule has 0 unspecified atom stereocenters. The second-order valence-corrected chi connectivity index (χ2v) is 2.69. The zero-order chi connectivity index (χ0) is 10.0. The average Bonchev–Trinajstić information content (AvgIpc) is 2.03. The molecule has 0 amide bonds. The lowest BCUT2D eigenvalue weighted by Crippen LogP contribution is -2.19. The highest BCUT2D eigenvalue weighted by molar-refractivity contribution is 5.27. The van der Waals surface area contributed by atoms with Crippen molar-refractivity contribution in [2.24, 2.45) is 0 Å². The second kappa shape index (κ2) is 3.51. The van der Waals surface area contributed by atoms with E-state index in [1.54, 1.807) is 14.1 Å². The molecule has 0 aliphatic rings. The van der Waals surface area contributed by atoms with Gasteiger partial charge < -0.3 is 4.90 Å². The predicted octanol–water partition coefficient (Wildman–Crippen LogP) is 0.773. The summed E-state index contributed by atoms with van der Waals surface area (Å²) in [6, 6.07) is 0.789. The highest BCUT2D eigenvalue weighted by atomic mass is 19.3. The van der Waals surface area contributed by atoms with Gasteiger partial charge in [0.25, 0.3) is 12.0 Å². The third-order valence-corrected chi connectivity index (χ3v) is 1.40. The molecular weight excluding hydrogens is 180 g/mol. The van der Waals surface area contributed by atoms with Gasteiger partial charge in [-0.25, -0.2) is 13.8 Å². The summed E-state index contributed by atoms with van der Waals surface area (Å²) < 4.78 is 24.3. The molecule has 0 spiro atoms. The number of anilines is 1. The molecule has 1 N–H and O–H groups in total. The maximum absolute atomic E-state index is 12.2. The van der Waals surface area contributed by atoms with Gasteiger partial charge in [0.2, 0.25) is 5.95 Å². The first kappa shape index (κ1) is 9.63. The summed E-state index contributed by atoms with van der Waals surface area (Å²) in [5.74, 6) is 0.128. The quantitative estimate of drug-likeness (QED) is 0.747. The van der Waals surface area contributed by atoms with E-state index in [-0.39, 0.29) is 5.95 Å². The van der Waals surface area contributed by atoms with Crippen molar-refractivity contribution in [1.29, 1.82) is 0 Å². The molecule has 6 heteroatoms. The maximum atomic E-state index is 12.2. The third-order valence-electron chi connectivity index (χ3n) is 1.40. The maximum Gasteiger partial charge on any atom is 0.280 e. The van der Waals surface area contributed by atoms with E-state index in [2.05, 4.69) is 9.97 Å². The lowest BCUT2D eigenvalue weighted by Gasteiger charge is -2.10. The summed E-state index contributed by atoms with van der Waals surface area (Å²) in [4.78, 5) is 18.2. The summed E-state index contributed by atoms with van der Waals surface area (Å²) >= 11 is 0. The fourth-order valence-electron chi connectivity index (χ4n) is 0.787. The summed E-state index contributed by atoms with van der Waals surface area (Å²) in [5, 5.41) is 0. The van der Waals surface area contributed by atoms with Crippen molar-refractivity contribution >= 4 is 5.95 Å². The van der Waals surface area contributed by atoms with Gasteiger partial charge in [0.15, 0.2) is 0 Å². The number of alkyl halides is 2. The van der Waals surface area contributed by atoms with Gasteiger partial charge in [-0.2, -0.15) is 0 Å². The number of aromatic amines is 1. The highest BCUT2D eigenvalue weighted by Crippen LogP contribution is 2.15. The summed E-state index contributed by atoms with van der Waals surface area (Å²) in [5.41, 5.74) is -1.08. The number of hydrogen-bond donors (Lipinski definition) is 1. The van der Waals surface area contributed by atoms with Crippen molar-refractivity contribution in [2.45, 2.75) is 6.43 Å². The molecule has 1 aromatic heterocycles. The first-order valence-electron chi connectivity index (χ1n) is 3.57. The van der Waals surface area contributed by atoms with Crippen LogP contribution in [0.1, 0.15) is 12.1 Å². The Kier molecular flexibility index (Phi) is 2.60. The Hall–Kier alpha value is -1.46. The molecule has 0 aromatic carbocycles. The molecule has 0 saturated heterocycles. The first-order valence-corrected chi connectivity index (χ1v) is 3.57. The molecule has 4 nitrogen and oxygen atoms in total. The van der Waals surface area contributed by atoms with Crippen molar-refractivity contribution < 1.29 is 8.78 Å². The van der Waals surface area contributed by atoms with Crippen molar-refractivity contribution in [1.82, 2.24) is 9.97 Å². The van der Waals surface area contributed by atoms with Crippen molar-refractivity contribution in [3.05, 3.63) is 22.1 Å². The Morgan fingerprint density at radius 3 is 2.62 bits per heavy atom. The highest BCUT2D eigenvalue weighted by Gasteiger charge is 2.11. The van der Waals surface area contributed by atoms with Crippen LogP contribution < -0.4 is 10.5 Å². The summed E-state index contributed by atoms with van der Waals surface area (Å²) in [7, 11) is 3.21. The molecule has 0 fully saturated rings. The van der Waals surface area contributed by atoms with Crippen LogP contribution in [0.2, 0.25) is 0 Å². The Morgan fingerprint density at radius 2 is 2.15 bits per heavy atom. The van der Waals surface area contributed by atoms with Crippen LogP contribution in [0.15, 0.2) is 10.9 Å². The van der Waals surface area contributed by atoms with Crippen molar-refractivity contribution in [3.63, 3.8) is 0 Å². The summed E-state index contributed by atoms with van der Waals surface area (Å²) in [6.45, 7) is 0. The topological polar surface area (TPSA) is 49.0 Å². The van der Waals surface area contributed by atoms with E-state index in [1.807, 2.05) is 0 Å². The molecule has 1 heterocycles. The number of rotatable bonds is 2. The fraction of sp³-hybridized carbons (Fsp3) is 0.429. The second-order valence-electron chi connectivity index (χ2n) is 2.69. The molecule has 0 bridgehead atoms. The fourth-order valence-corrected chi connectivity index (χ4v) is 0.787. The molecule has 13 heavy (non-hydrogen) atoms. The SMILES string of the molecule is CN(C)c1nc(C(F)F)cc(=O)[nH]1. The van der Waals surface area contributed by atoms with Crippen molar-refractivity contribution in [3.8, 4) is 0 Å². The Balaban J connectivity index is 3.19. The summed E-state index contributed by atoms with van der Waals surface area (Å²) in [6.07, 6.45) is -2.72. The monoisotopic (exact) mass is 189 g/mol. The molecule has 0 atom stereocenters. The standard InChI is InChI=1S/C7H9F2N3O/c1-12(2)7-10-4(6(8)9)3-5(13)11-7/h3,6H,1-2H3,(H,10,11,13). The Bertz CT molecular complexity index is 319. The van der Waals surface area contributed by atoms with Gasteiger partial charge in [0.05, 0.1) is 0 Å². The van der Waals surface area contributed by atoms with E-state index in [0.717, 1.165) is 6.07 Å². The molecule has 72 valence electrons. The van der Waals surface area contributed by atoms with E-state index in [9.17, 15) is 13.6 Å². The largest absolute Gasteiger partial charge is 0.348 e. The van der Waals surface area contributed by atoms with Crippen LogP contribution in [-0.2, 0) is 0 Å². The Labute approximate surface area is 73.2 Å². The van der Waals surface area contributed by atoms with Gasteiger partial charge in [-0.3, -0.25) is 9.78 Å². The Morgan fingerprint density at radius 1 is 1.54 bits per heavy atom. The van der Waals surface area contributed by atoms with Gasteiger partial charge in [0.1, 0.15) is 5.69 Å². The van der Waals surface area contributed by atoms with E-state index in [4.69, 9.17) is 0 Å². The molecule has 1 rings (SSSR count). The van der Waals surface area contributed by atoms with E-state index in [1.165, 1.54) is 4.90 Å². The van der Waals surface area contributed by atoms with Crippen LogP contribution in [0.3, 0.4) is 0 Å². The molecule has 1 aromatic rings. The van der Waals surface area contributed by atoms with Crippen molar-refractivity contribution in [2.75, 3.05) is 19.0 Å². The van der Waals surface area contributed by atoms with E-state index < -0.39 is 17.7 Å². The third kappa shape index (κ3) is 2.24. The number of aromatic nitrogens is 2. The molecule has 0 saturated carbocycles. The average molecular weight is 189 g/mol. The van der Waals surface area contributed by atoms with Crippen LogP contribution in [0.5, 0.6) is 0 Å². The number of halogens is 2. The predicted molar refractivity (Wildman–Crippen MR) is 44.1 cm³/mol. The lowest BCUT2D eigenvalue weighted by atomic mass is 10.4.